The largest absolute Gasteiger partial charge is 0.508 e. The number of benzene rings is 3. The van der Waals surface area contributed by atoms with Crippen LogP contribution < -0.4 is 0 Å². The number of carbonyl (C=O) groups is 2. The summed E-state index contributed by atoms with van der Waals surface area (Å²) in [7, 11) is 0. The van der Waals surface area contributed by atoms with Crippen molar-refractivity contribution in [1.29, 1.82) is 0 Å². The molecule has 6 heteroatoms. The number of hydrogen-bond donors (Lipinski definition) is 1. The van der Waals surface area contributed by atoms with E-state index in [0.717, 1.165) is 27.5 Å². The number of fused-ring (bicyclic) bond motifs is 2. The molecule has 0 unspecified atom stereocenters. The minimum atomic E-state index is -0.125. The Morgan fingerprint density at radius 3 is 2.67 bits per heavy atom. The van der Waals surface area contributed by atoms with Crippen LogP contribution in [0.25, 0.3) is 21.9 Å². The molecule has 0 spiro atoms. The topological polar surface area (TPSA) is 60.9 Å². The highest BCUT2D eigenvalue weighted by atomic mass is 35.5. The molecule has 2 aliphatic rings. The maximum atomic E-state index is 13.2. The molecule has 2 amide bonds. The van der Waals surface area contributed by atoms with Gasteiger partial charge >= 0.3 is 0 Å². The smallest absolute Gasteiger partial charge is 0.256 e. The summed E-state index contributed by atoms with van der Waals surface area (Å²) in [6.07, 6.45) is 1.29. The van der Waals surface area contributed by atoms with E-state index in [2.05, 4.69) is 6.58 Å². The fourth-order valence-electron chi connectivity index (χ4n) is 4.43. The maximum Gasteiger partial charge on any atom is 0.256 e. The third-order valence-electron chi connectivity index (χ3n) is 5.99. The first-order chi connectivity index (χ1) is 14.5. The fraction of sp³-hybridized carbons (Fsp3) is 0.167. The zero-order valence-corrected chi connectivity index (χ0v) is 16.9. The second-order valence-corrected chi connectivity index (χ2v) is 8.10. The molecule has 5 nitrogen and oxygen atoms in total. The first kappa shape index (κ1) is 18.7. The summed E-state index contributed by atoms with van der Waals surface area (Å²) < 4.78 is 0. The monoisotopic (exact) mass is 418 g/mol. The van der Waals surface area contributed by atoms with Gasteiger partial charge in [0.05, 0.1) is 16.6 Å². The van der Waals surface area contributed by atoms with Crippen LogP contribution in [0.15, 0.2) is 61.2 Å². The van der Waals surface area contributed by atoms with E-state index in [-0.39, 0.29) is 23.6 Å². The molecule has 2 heterocycles. The molecule has 0 bridgehead atoms. The van der Waals surface area contributed by atoms with Crippen LogP contribution in [0.3, 0.4) is 0 Å². The zero-order valence-electron chi connectivity index (χ0n) is 16.1. The van der Waals surface area contributed by atoms with Gasteiger partial charge in [-0.05, 0) is 51.7 Å². The van der Waals surface area contributed by atoms with E-state index in [4.69, 9.17) is 11.6 Å². The molecular formula is C24H19ClN2O3. The van der Waals surface area contributed by atoms with Crippen LogP contribution in [0.2, 0.25) is 5.02 Å². The molecular weight excluding hydrogens is 400 g/mol. The zero-order chi connectivity index (χ0) is 21.0. The number of phenols is 1. The van der Waals surface area contributed by atoms with Gasteiger partial charge in [-0.15, -0.1) is 0 Å². The number of likely N-dealkylation sites (tertiary alicyclic amines) is 1. The number of halogens is 1. The molecule has 0 radical (unpaired) electrons. The lowest BCUT2D eigenvalue weighted by Crippen LogP contribution is -2.60. The second-order valence-electron chi connectivity index (χ2n) is 7.70. The number of carbonyl (C=O) groups excluding carboxylic acids is 2. The second kappa shape index (κ2) is 6.89. The Bertz CT molecular complexity index is 1230. The fourth-order valence-corrected chi connectivity index (χ4v) is 4.68. The molecule has 30 heavy (non-hydrogen) atoms. The predicted octanol–water partition coefficient (Wildman–Crippen LogP) is 4.22. The van der Waals surface area contributed by atoms with Gasteiger partial charge in [-0.2, -0.15) is 0 Å². The number of nitrogens with zero attached hydrogens (tertiary/aromatic N) is 2. The van der Waals surface area contributed by atoms with Crippen molar-refractivity contribution in [3.63, 3.8) is 0 Å². The summed E-state index contributed by atoms with van der Waals surface area (Å²) in [5.74, 6) is -0.0662. The van der Waals surface area contributed by atoms with E-state index >= 15 is 0 Å². The molecule has 2 aliphatic heterocycles. The van der Waals surface area contributed by atoms with E-state index in [0.29, 0.717) is 30.2 Å². The third-order valence-corrected chi connectivity index (χ3v) is 6.31. The number of hydrogen-bond acceptors (Lipinski definition) is 3. The number of rotatable bonds is 3. The van der Waals surface area contributed by atoms with Crippen LogP contribution in [0, 0.1) is 0 Å². The molecule has 0 aliphatic carbocycles. The normalized spacial score (nSPS) is 16.0. The van der Waals surface area contributed by atoms with Crippen molar-refractivity contribution in [1.82, 2.24) is 9.80 Å². The van der Waals surface area contributed by atoms with Crippen molar-refractivity contribution >= 4 is 34.2 Å². The van der Waals surface area contributed by atoms with Crippen molar-refractivity contribution in [3.05, 3.63) is 77.3 Å². The van der Waals surface area contributed by atoms with Crippen LogP contribution >= 0.6 is 11.6 Å². The Kier molecular flexibility index (Phi) is 4.29. The van der Waals surface area contributed by atoms with E-state index in [1.807, 2.05) is 30.3 Å². The number of aromatic hydroxyl groups is 1. The molecule has 0 saturated carbocycles. The molecule has 3 aromatic rings. The Morgan fingerprint density at radius 1 is 1.13 bits per heavy atom. The first-order valence-electron chi connectivity index (χ1n) is 9.73. The number of phenolic OH excluding ortho intramolecular Hbond substituents is 1. The minimum Gasteiger partial charge on any atom is -0.508 e. The molecule has 3 aromatic carbocycles. The van der Waals surface area contributed by atoms with Gasteiger partial charge in [-0.1, -0.05) is 48.5 Å². The van der Waals surface area contributed by atoms with Crippen molar-refractivity contribution < 1.29 is 14.7 Å². The van der Waals surface area contributed by atoms with Crippen molar-refractivity contribution in [2.45, 2.75) is 12.6 Å². The average molecular weight is 419 g/mol. The van der Waals surface area contributed by atoms with Crippen LogP contribution in [0.5, 0.6) is 5.75 Å². The Labute approximate surface area is 178 Å². The molecule has 150 valence electrons. The van der Waals surface area contributed by atoms with Crippen molar-refractivity contribution in [3.8, 4) is 16.9 Å². The van der Waals surface area contributed by atoms with Crippen molar-refractivity contribution in [2.24, 2.45) is 0 Å². The molecule has 0 atom stereocenters. The molecule has 0 aromatic heterocycles. The quantitative estimate of drug-likeness (QED) is 0.648. The highest BCUT2D eigenvalue weighted by Crippen LogP contribution is 2.41. The highest BCUT2D eigenvalue weighted by molar-refractivity contribution is 6.34. The Hall–Kier alpha value is -3.31. The van der Waals surface area contributed by atoms with Crippen LogP contribution in [0.4, 0.5) is 0 Å². The maximum absolute atomic E-state index is 13.2. The van der Waals surface area contributed by atoms with Gasteiger partial charge in [-0.25, -0.2) is 0 Å². The molecule has 1 N–H and O–H groups in total. The van der Waals surface area contributed by atoms with Gasteiger partial charge in [0, 0.05) is 19.6 Å². The van der Waals surface area contributed by atoms with Gasteiger partial charge in [0.25, 0.3) is 5.91 Å². The van der Waals surface area contributed by atoms with Crippen LogP contribution in [0.1, 0.15) is 15.9 Å². The van der Waals surface area contributed by atoms with Crippen LogP contribution in [-0.4, -0.2) is 45.9 Å². The van der Waals surface area contributed by atoms with Crippen molar-refractivity contribution in [2.75, 3.05) is 13.1 Å². The summed E-state index contributed by atoms with van der Waals surface area (Å²) in [6, 6.07) is 14.9. The van der Waals surface area contributed by atoms with Gasteiger partial charge < -0.3 is 14.9 Å². The van der Waals surface area contributed by atoms with E-state index < -0.39 is 0 Å². The summed E-state index contributed by atoms with van der Waals surface area (Å²) >= 11 is 6.43. The van der Waals surface area contributed by atoms with E-state index in [1.165, 1.54) is 6.08 Å². The summed E-state index contributed by atoms with van der Waals surface area (Å²) in [4.78, 5) is 28.4. The lowest BCUT2D eigenvalue weighted by Gasteiger charge is -2.43. The predicted molar refractivity (Wildman–Crippen MR) is 116 cm³/mol. The molecule has 1 saturated heterocycles. The summed E-state index contributed by atoms with van der Waals surface area (Å²) in [6.45, 7) is 4.92. The Balaban J connectivity index is 1.57. The lowest BCUT2D eigenvalue weighted by atomic mass is 9.92. The van der Waals surface area contributed by atoms with E-state index in [9.17, 15) is 14.7 Å². The standard InChI is InChI=1S/C24H19ClN2O3/c1-2-22(29)26-11-15(12-26)27-13-20-18(7-8-21(25)23(20)24(27)30)19-10-16(28)9-14-5-3-4-6-17(14)19/h2-10,15,28H,1,11-13H2. The molecule has 1 fully saturated rings. The minimum absolute atomic E-state index is 0.0429. The van der Waals surface area contributed by atoms with E-state index in [1.54, 1.807) is 28.0 Å². The highest BCUT2D eigenvalue weighted by Gasteiger charge is 2.42. The summed E-state index contributed by atoms with van der Waals surface area (Å²) in [5, 5.41) is 12.6. The first-order valence-corrected chi connectivity index (χ1v) is 10.1. The van der Waals surface area contributed by atoms with Gasteiger partial charge in [0.1, 0.15) is 5.75 Å². The van der Waals surface area contributed by atoms with Gasteiger partial charge in [0.15, 0.2) is 0 Å². The van der Waals surface area contributed by atoms with Gasteiger partial charge in [0.2, 0.25) is 5.91 Å². The van der Waals surface area contributed by atoms with Gasteiger partial charge in [-0.3, -0.25) is 9.59 Å². The van der Waals surface area contributed by atoms with Crippen LogP contribution in [-0.2, 0) is 11.3 Å². The Morgan fingerprint density at radius 2 is 1.90 bits per heavy atom. The number of amides is 2. The average Bonchev–Trinajstić information content (AvgIpc) is 3.04. The lowest BCUT2D eigenvalue weighted by molar-refractivity contribution is -0.132. The SMILES string of the molecule is C=CC(=O)N1CC(N2Cc3c(-c4cc(O)cc5ccccc45)ccc(Cl)c3C2=O)C1. The molecule has 5 rings (SSSR count). The summed E-state index contributed by atoms with van der Waals surface area (Å²) in [5.41, 5.74) is 3.12. The third kappa shape index (κ3) is 2.77.